The van der Waals surface area contributed by atoms with E-state index in [1.54, 1.807) is 23.9 Å². The summed E-state index contributed by atoms with van der Waals surface area (Å²) >= 11 is 11.4. The van der Waals surface area contributed by atoms with Crippen LogP contribution in [-0.4, -0.2) is 25.0 Å². The zero-order valence-electron chi connectivity index (χ0n) is 19.4. The van der Waals surface area contributed by atoms with Crippen molar-refractivity contribution in [1.82, 2.24) is 0 Å². The third kappa shape index (κ3) is 8.19. The van der Waals surface area contributed by atoms with Crippen molar-refractivity contribution in [3.8, 4) is 11.8 Å². The van der Waals surface area contributed by atoms with Gasteiger partial charge in [0.05, 0.1) is 34.9 Å². The topological polar surface area (TPSA) is 71.7 Å². The van der Waals surface area contributed by atoms with Crippen molar-refractivity contribution in [1.29, 1.82) is 5.26 Å². The maximum Gasteiger partial charge on any atom is 0.308 e. The molecule has 34 heavy (non-hydrogen) atoms. The molecule has 1 unspecified atom stereocenters. The van der Waals surface area contributed by atoms with E-state index in [4.69, 9.17) is 21.1 Å². The van der Waals surface area contributed by atoms with Crippen LogP contribution in [0.5, 0.6) is 5.75 Å². The lowest BCUT2D eigenvalue weighted by molar-refractivity contribution is -0.148. The number of ether oxygens (including phenoxy) is 2. The van der Waals surface area contributed by atoms with Crippen molar-refractivity contribution < 1.29 is 14.3 Å². The maximum absolute atomic E-state index is 12.1. The standard InChI is InChI=1S/C26H28BrClN2O3S/c1-4-7-18(26(31)32-5-2)12-13-34-17-24(30-3)22-8-6-9-23(28)25(22)33-16-19-10-11-21(27)14-20(19)15-29/h6,8-11,14,17-18H,3-5,7,12-13,16H2,1-2H3/b24-17-. The predicted molar refractivity (Wildman–Crippen MR) is 144 cm³/mol. The van der Waals surface area contributed by atoms with Gasteiger partial charge in [-0.3, -0.25) is 9.79 Å². The number of nitrogens with zero attached hydrogens (tertiary/aromatic N) is 2. The van der Waals surface area contributed by atoms with Crippen LogP contribution in [0.25, 0.3) is 5.70 Å². The summed E-state index contributed by atoms with van der Waals surface area (Å²) in [6.07, 6.45) is 2.46. The summed E-state index contributed by atoms with van der Waals surface area (Å²) in [5.74, 6) is 0.983. The largest absolute Gasteiger partial charge is 0.487 e. The van der Waals surface area contributed by atoms with Gasteiger partial charge in [-0.15, -0.1) is 11.8 Å². The monoisotopic (exact) mass is 562 g/mol. The smallest absolute Gasteiger partial charge is 0.308 e. The van der Waals surface area contributed by atoms with E-state index in [1.165, 1.54) is 0 Å². The zero-order valence-corrected chi connectivity index (χ0v) is 22.5. The number of nitriles is 1. The molecule has 0 heterocycles. The van der Waals surface area contributed by atoms with Crippen molar-refractivity contribution >= 4 is 57.7 Å². The van der Waals surface area contributed by atoms with Crippen molar-refractivity contribution in [2.45, 2.75) is 39.7 Å². The van der Waals surface area contributed by atoms with Crippen LogP contribution in [0.1, 0.15) is 49.8 Å². The van der Waals surface area contributed by atoms with E-state index in [1.807, 2.05) is 36.6 Å². The molecule has 2 rings (SSSR count). The molecule has 8 heteroatoms. The average molecular weight is 564 g/mol. The number of hydrogen-bond acceptors (Lipinski definition) is 6. The van der Waals surface area contributed by atoms with E-state index in [0.717, 1.165) is 35.1 Å². The number of esters is 1. The third-order valence-electron chi connectivity index (χ3n) is 5.01. The molecule has 0 radical (unpaired) electrons. The second-order valence-corrected chi connectivity index (χ2v) is 9.68. The molecule has 0 saturated heterocycles. The van der Waals surface area contributed by atoms with Gasteiger partial charge in [-0.05, 0) is 61.9 Å². The first-order chi connectivity index (χ1) is 16.4. The summed E-state index contributed by atoms with van der Waals surface area (Å²) in [6.45, 7) is 8.17. The predicted octanol–water partition coefficient (Wildman–Crippen LogP) is 7.65. The molecule has 180 valence electrons. The SMILES string of the molecule is C=N/C(=C\SCCC(CCC)C(=O)OCC)c1cccc(Cl)c1OCc1ccc(Br)cc1C#N. The molecule has 0 saturated carbocycles. The molecule has 1 atom stereocenters. The van der Waals surface area contributed by atoms with Gasteiger partial charge in [0.1, 0.15) is 12.4 Å². The number of hydrogen-bond donors (Lipinski definition) is 0. The molecule has 5 nitrogen and oxygen atoms in total. The summed E-state index contributed by atoms with van der Waals surface area (Å²) in [5, 5.41) is 11.8. The highest BCUT2D eigenvalue weighted by Gasteiger charge is 2.18. The molecule has 0 aromatic heterocycles. The van der Waals surface area contributed by atoms with Gasteiger partial charge in [0.2, 0.25) is 0 Å². The number of rotatable bonds is 13. The molecule has 2 aromatic carbocycles. The van der Waals surface area contributed by atoms with Crippen LogP contribution in [0.15, 0.2) is 51.3 Å². The fourth-order valence-electron chi connectivity index (χ4n) is 3.31. The highest BCUT2D eigenvalue weighted by atomic mass is 79.9. The van der Waals surface area contributed by atoms with Crippen LogP contribution in [0, 0.1) is 17.2 Å². The van der Waals surface area contributed by atoms with Crippen molar-refractivity contribution in [2.75, 3.05) is 12.4 Å². The Kier molecular flexibility index (Phi) is 12.2. The van der Waals surface area contributed by atoms with E-state index in [9.17, 15) is 10.1 Å². The number of benzene rings is 2. The minimum absolute atomic E-state index is 0.101. The number of para-hydroxylation sites is 1. The Bertz CT molecular complexity index is 1070. The molecule has 0 spiro atoms. The number of halogens is 2. The first kappa shape index (κ1) is 28.0. The van der Waals surface area contributed by atoms with Gasteiger partial charge in [0.25, 0.3) is 0 Å². The summed E-state index contributed by atoms with van der Waals surface area (Å²) < 4.78 is 12.1. The fourth-order valence-corrected chi connectivity index (χ4v) is 4.80. The van der Waals surface area contributed by atoms with Crippen molar-refractivity contribution in [3.05, 3.63) is 68.0 Å². The highest BCUT2D eigenvalue weighted by Crippen LogP contribution is 2.36. The minimum atomic E-state index is -0.133. The fraction of sp³-hybridized carbons (Fsp3) is 0.346. The Balaban J connectivity index is 2.15. The average Bonchev–Trinajstić information content (AvgIpc) is 2.83. The van der Waals surface area contributed by atoms with Crippen LogP contribution in [0.2, 0.25) is 5.02 Å². The lowest BCUT2D eigenvalue weighted by Gasteiger charge is -2.15. The molecule has 0 fully saturated rings. The first-order valence-electron chi connectivity index (χ1n) is 11.0. The minimum Gasteiger partial charge on any atom is -0.487 e. The molecule has 0 aliphatic carbocycles. The molecule has 0 N–H and O–H groups in total. The summed E-state index contributed by atoms with van der Waals surface area (Å²) in [5.41, 5.74) is 2.62. The molecular weight excluding hydrogens is 536 g/mol. The Morgan fingerprint density at radius 2 is 2.12 bits per heavy atom. The lowest BCUT2D eigenvalue weighted by Crippen LogP contribution is -2.18. The van der Waals surface area contributed by atoms with Gasteiger partial charge in [0.15, 0.2) is 0 Å². The van der Waals surface area contributed by atoms with E-state index in [2.05, 4.69) is 40.6 Å². The quantitative estimate of drug-likeness (QED) is 0.142. The van der Waals surface area contributed by atoms with E-state index < -0.39 is 0 Å². The second kappa shape index (κ2) is 14.9. The molecule has 0 amide bonds. The van der Waals surface area contributed by atoms with Gasteiger partial charge in [-0.25, -0.2) is 0 Å². The van der Waals surface area contributed by atoms with Crippen molar-refractivity contribution in [3.63, 3.8) is 0 Å². The number of aliphatic imine (C=N–C) groups is 1. The van der Waals surface area contributed by atoms with Crippen LogP contribution < -0.4 is 4.74 Å². The normalized spacial score (nSPS) is 12.0. The molecule has 0 aliphatic rings. The van der Waals surface area contributed by atoms with Gasteiger partial charge in [-0.1, -0.05) is 53.0 Å². The lowest BCUT2D eigenvalue weighted by atomic mass is 10.0. The number of carbonyl (C=O) groups is 1. The Morgan fingerprint density at radius 3 is 2.79 bits per heavy atom. The summed E-state index contributed by atoms with van der Waals surface area (Å²) in [7, 11) is 0. The third-order valence-corrected chi connectivity index (χ3v) is 6.67. The van der Waals surface area contributed by atoms with E-state index in [0.29, 0.717) is 34.2 Å². The Hall–Kier alpha value is -2.27. The maximum atomic E-state index is 12.1. The molecular formula is C26H28BrClN2O3S. The van der Waals surface area contributed by atoms with Gasteiger partial charge in [0, 0.05) is 15.6 Å². The zero-order chi connectivity index (χ0) is 24.9. The van der Waals surface area contributed by atoms with Crippen LogP contribution in [0.3, 0.4) is 0 Å². The van der Waals surface area contributed by atoms with Crippen molar-refractivity contribution in [2.24, 2.45) is 10.9 Å². The van der Waals surface area contributed by atoms with Gasteiger partial charge in [-0.2, -0.15) is 5.26 Å². The van der Waals surface area contributed by atoms with Gasteiger partial charge >= 0.3 is 5.97 Å². The van der Waals surface area contributed by atoms with Crippen LogP contribution in [0.4, 0.5) is 0 Å². The first-order valence-corrected chi connectivity index (χ1v) is 13.2. The second-order valence-electron chi connectivity index (χ2n) is 7.38. The summed E-state index contributed by atoms with van der Waals surface area (Å²) in [6, 6.07) is 13.1. The molecule has 0 aliphatic heterocycles. The Labute approximate surface area is 219 Å². The van der Waals surface area contributed by atoms with E-state index >= 15 is 0 Å². The highest BCUT2D eigenvalue weighted by molar-refractivity contribution is 9.10. The number of carbonyl (C=O) groups excluding carboxylic acids is 1. The van der Waals surface area contributed by atoms with E-state index in [-0.39, 0.29) is 18.5 Å². The molecule has 0 bridgehead atoms. The summed E-state index contributed by atoms with van der Waals surface area (Å²) in [4.78, 5) is 16.3. The van der Waals surface area contributed by atoms with Crippen LogP contribution >= 0.6 is 39.3 Å². The molecule has 2 aromatic rings. The van der Waals surface area contributed by atoms with Gasteiger partial charge < -0.3 is 9.47 Å². The number of thioether (sulfide) groups is 1. The van der Waals surface area contributed by atoms with Crippen LogP contribution in [-0.2, 0) is 16.1 Å². The Morgan fingerprint density at radius 1 is 1.32 bits per heavy atom.